The Balaban J connectivity index is 2.51. The van der Waals surface area contributed by atoms with E-state index in [1.807, 2.05) is 13.8 Å². The summed E-state index contributed by atoms with van der Waals surface area (Å²) in [5.74, 6) is -0.0168. The Morgan fingerprint density at radius 3 is 2.19 bits per heavy atom. The van der Waals surface area contributed by atoms with E-state index in [9.17, 15) is 9.90 Å². The molecule has 0 amide bonds. The minimum absolute atomic E-state index is 0.210. The highest BCUT2D eigenvalue weighted by atomic mass is 16.4. The number of rotatable bonds is 10. The molecule has 1 atom stereocenters. The van der Waals surface area contributed by atoms with Crippen molar-refractivity contribution < 1.29 is 9.90 Å². The molecule has 2 N–H and O–H groups in total. The van der Waals surface area contributed by atoms with Gasteiger partial charge in [-0.2, -0.15) is 0 Å². The second-order valence-electron chi connectivity index (χ2n) is 7.16. The highest BCUT2D eigenvalue weighted by molar-refractivity contribution is 5.73. The highest BCUT2D eigenvalue weighted by Gasteiger charge is 2.25. The molecular formula is C17H34N2O2. The molecule has 124 valence electrons. The summed E-state index contributed by atoms with van der Waals surface area (Å²) in [5.41, 5.74) is 0. The van der Waals surface area contributed by atoms with Crippen LogP contribution in [-0.2, 0) is 4.79 Å². The van der Waals surface area contributed by atoms with Crippen LogP contribution in [0.5, 0.6) is 0 Å². The van der Waals surface area contributed by atoms with Crippen LogP contribution in [-0.4, -0.2) is 47.2 Å². The van der Waals surface area contributed by atoms with Crippen molar-refractivity contribution >= 4 is 5.97 Å². The van der Waals surface area contributed by atoms with Crippen molar-refractivity contribution in [3.05, 3.63) is 0 Å². The van der Waals surface area contributed by atoms with E-state index in [4.69, 9.17) is 0 Å². The van der Waals surface area contributed by atoms with E-state index >= 15 is 0 Å². The van der Waals surface area contributed by atoms with Gasteiger partial charge in [0.05, 0.1) is 0 Å². The van der Waals surface area contributed by atoms with Crippen LogP contribution in [0.1, 0.15) is 66.2 Å². The van der Waals surface area contributed by atoms with Gasteiger partial charge < -0.3 is 15.3 Å². The maximum absolute atomic E-state index is 11.4. The first kappa shape index (κ1) is 18.4. The van der Waals surface area contributed by atoms with Gasteiger partial charge in [0.1, 0.15) is 6.04 Å². The standard InChI is InChI=1S/C17H34N2O2/c1-13(2)9-11-19(15-7-5-6-8-15)12-10-16(17(20)21)18-14(3)4/h13-16,18H,5-12H2,1-4H3,(H,20,21). The Hall–Kier alpha value is -0.610. The van der Waals surface area contributed by atoms with Crippen molar-refractivity contribution in [2.75, 3.05) is 13.1 Å². The van der Waals surface area contributed by atoms with Gasteiger partial charge in [-0.05, 0) is 38.1 Å². The van der Waals surface area contributed by atoms with Gasteiger partial charge >= 0.3 is 5.97 Å². The van der Waals surface area contributed by atoms with Gasteiger partial charge in [-0.15, -0.1) is 0 Å². The molecule has 0 radical (unpaired) electrons. The van der Waals surface area contributed by atoms with E-state index in [0.717, 1.165) is 13.1 Å². The van der Waals surface area contributed by atoms with Crippen molar-refractivity contribution in [1.82, 2.24) is 10.2 Å². The average Bonchev–Trinajstić information content (AvgIpc) is 2.90. The van der Waals surface area contributed by atoms with Gasteiger partial charge in [0.25, 0.3) is 0 Å². The Bertz CT molecular complexity index is 299. The number of carbonyl (C=O) groups is 1. The van der Waals surface area contributed by atoms with E-state index in [-0.39, 0.29) is 6.04 Å². The molecule has 1 rings (SSSR count). The van der Waals surface area contributed by atoms with Crippen molar-refractivity contribution in [2.45, 2.75) is 84.3 Å². The normalized spacial score (nSPS) is 18.0. The van der Waals surface area contributed by atoms with Crippen LogP contribution >= 0.6 is 0 Å². The fraction of sp³-hybridized carbons (Fsp3) is 0.941. The second-order valence-corrected chi connectivity index (χ2v) is 7.16. The number of aliphatic carboxylic acids is 1. The molecule has 1 saturated carbocycles. The molecule has 0 spiro atoms. The summed E-state index contributed by atoms with van der Waals surface area (Å²) in [6.45, 7) is 10.5. The van der Waals surface area contributed by atoms with Gasteiger partial charge in [0, 0.05) is 18.6 Å². The van der Waals surface area contributed by atoms with E-state index in [0.29, 0.717) is 18.4 Å². The van der Waals surface area contributed by atoms with E-state index < -0.39 is 12.0 Å². The third kappa shape index (κ3) is 7.28. The zero-order valence-electron chi connectivity index (χ0n) is 14.3. The molecule has 0 aromatic carbocycles. The summed E-state index contributed by atoms with van der Waals surface area (Å²) < 4.78 is 0. The van der Waals surface area contributed by atoms with Crippen LogP contribution < -0.4 is 5.32 Å². The SMILES string of the molecule is CC(C)CCN(CCC(NC(C)C)C(=O)O)C1CCCC1. The van der Waals surface area contributed by atoms with Crippen LogP contribution in [0.15, 0.2) is 0 Å². The minimum Gasteiger partial charge on any atom is -0.480 e. The van der Waals surface area contributed by atoms with Gasteiger partial charge in [-0.1, -0.05) is 40.5 Å². The van der Waals surface area contributed by atoms with Crippen LogP contribution in [0.2, 0.25) is 0 Å². The summed E-state index contributed by atoms with van der Waals surface area (Å²) >= 11 is 0. The predicted octanol–water partition coefficient (Wildman–Crippen LogP) is 3.12. The topological polar surface area (TPSA) is 52.6 Å². The number of nitrogens with zero attached hydrogens (tertiary/aromatic N) is 1. The molecule has 0 aromatic rings. The van der Waals surface area contributed by atoms with E-state index in [2.05, 4.69) is 24.1 Å². The highest BCUT2D eigenvalue weighted by Crippen LogP contribution is 2.24. The molecule has 0 heterocycles. The van der Waals surface area contributed by atoms with Gasteiger partial charge in [0.15, 0.2) is 0 Å². The molecule has 21 heavy (non-hydrogen) atoms. The van der Waals surface area contributed by atoms with Crippen molar-refractivity contribution in [1.29, 1.82) is 0 Å². The largest absolute Gasteiger partial charge is 0.480 e. The molecule has 4 heteroatoms. The third-order valence-electron chi connectivity index (χ3n) is 4.37. The van der Waals surface area contributed by atoms with Crippen LogP contribution in [0.3, 0.4) is 0 Å². The van der Waals surface area contributed by atoms with Crippen LogP contribution in [0.4, 0.5) is 0 Å². The van der Waals surface area contributed by atoms with Crippen LogP contribution in [0, 0.1) is 5.92 Å². The average molecular weight is 298 g/mol. The second kappa shape index (κ2) is 9.42. The lowest BCUT2D eigenvalue weighted by Gasteiger charge is -2.31. The van der Waals surface area contributed by atoms with Gasteiger partial charge in [-0.25, -0.2) is 0 Å². The predicted molar refractivity (Wildman–Crippen MR) is 87.6 cm³/mol. The fourth-order valence-corrected chi connectivity index (χ4v) is 3.15. The molecule has 1 aliphatic rings. The summed E-state index contributed by atoms with van der Waals surface area (Å²) in [6, 6.07) is 0.465. The minimum atomic E-state index is -0.723. The van der Waals surface area contributed by atoms with Crippen molar-refractivity contribution in [2.24, 2.45) is 5.92 Å². The van der Waals surface area contributed by atoms with Gasteiger partial charge in [-0.3, -0.25) is 4.79 Å². The fourth-order valence-electron chi connectivity index (χ4n) is 3.15. The van der Waals surface area contributed by atoms with E-state index in [1.54, 1.807) is 0 Å². The first-order valence-electron chi connectivity index (χ1n) is 8.63. The summed E-state index contributed by atoms with van der Waals surface area (Å²) in [4.78, 5) is 13.9. The smallest absolute Gasteiger partial charge is 0.320 e. The first-order chi connectivity index (χ1) is 9.90. The summed E-state index contributed by atoms with van der Waals surface area (Å²) in [7, 11) is 0. The number of carboxylic acid groups (broad SMARTS) is 1. The monoisotopic (exact) mass is 298 g/mol. The maximum atomic E-state index is 11.4. The summed E-state index contributed by atoms with van der Waals surface area (Å²) in [6.07, 6.45) is 7.12. The Morgan fingerprint density at radius 2 is 1.71 bits per heavy atom. The third-order valence-corrected chi connectivity index (χ3v) is 4.37. The van der Waals surface area contributed by atoms with Gasteiger partial charge in [0.2, 0.25) is 0 Å². The maximum Gasteiger partial charge on any atom is 0.320 e. The number of hydrogen-bond acceptors (Lipinski definition) is 3. The molecule has 0 bridgehead atoms. The lowest BCUT2D eigenvalue weighted by molar-refractivity contribution is -0.140. The molecule has 1 fully saturated rings. The van der Waals surface area contributed by atoms with Crippen molar-refractivity contribution in [3.8, 4) is 0 Å². The first-order valence-corrected chi connectivity index (χ1v) is 8.63. The molecular weight excluding hydrogens is 264 g/mol. The lowest BCUT2D eigenvalue weighted by Crippen LogP contribution is -2.44. The molecule has 1 aliphatic carbocycles. The van der Waals surface area contributed by atoms with Crippen LogP contribution in [0.25, 0.3) is 0 Å². The quantitative estimate of drug-likeness (QED) is 0.650. The molecule has 0 aliphatic heterocycles. The number of carboxylic acids is 1. The Morgan fingerprint density at radius 1 is 1.14 bits per heavy atom. The zero-order chi connectivity index (χ0) is 15.8. The molecule has 0 saturated heterocycles. The van der Waals surface area contributed by atoms with Crippen molar-refractivity contribution in [3.63, 3.8) is 0 Å². The Labute approximate surface area is 130 Å². The molecule has 1 unspecified atom stereocenters. The zero-order valence-corrected chi connectivity index (χ0v) is 14.3. The molecule has 0 aromatic heterocycles. The Kier molecular flexibility index (Phi) is 8.27. The number of nitrogens with one attached hydrogen (secondary N) is 1. The summed E-state index contributed by atoms with van der Waals surface area (Å²) in [5, 5.41) is 12.5. The van der Waals surface area contributed by atoms with E-state index in [1.165, 1.54) is 32.1 Å². The number of hydrogen-bond donors (Lipinski definition) is 2. The lowest BCUT2D eigenvalue weighted by atomic mass is 10.1. The molecule has 4 nitrogen and oxygen atoms in total.